The van der Waals surface area contributed by atoms with E-state index in [9.17, 15) is 4.79 Å². The van der Waals surface area contributed by atoms with E-state index in [0.29, 0.717) is 26.0 Å². The maximum Gasteiger partial charge on any atom is 0.220 e. The Hall–Kier alpha value is -1.26. The van der Waals surface area contributed by atoms with Crippen molar-refractivity contribution in [1.29, 1.82) is 0 Å². The molecule has 0 radical (unpaired) electrons. The summed E-state index contributed by atoms with van der Waals surface area (Å²) in [5.41, 5.74) is 0.992. The molecular formula is C16H25ClN2O2. The molecule has 0 bridgehead atoms. The summed E-state index contributed by atoms with van der Waals surface area (Å²) < 4.78 is 5.60. The molecule has 21 heavy (non-hydrogen) atoms. The summed E-state index contributed by atoms with van der Waals surface area (Å²) in [6.07, 6.45) is 2.30. The summed E-state index contributed by atoms with van der Waals surface area (Å²) in [5, 5.41) is 6.86. The molecule has 0 atom stereocenters. The van der Waals surface area contributed by atoms with Gasteiger partial charge in [-0.05, 0) is 50.1 Å². The molecule has 1 amide bonds. The first-order chi connectivity index (χ1) is 10.1. The van der Waals surface area contributed by atoms with Crippen LogP contribution in [0.15, 0.2) is 18.2 Å². The molecule has 4 nitrogen and oxygen atoms in total. The predicted molar refractivity (Wildman–Crippen MR) is 87.1 cm³/mol. The van der Waals surface area contributed by atoms with Gasteiger partial charge in [0.2, 0.25) is 5.91 Å². The summed E-state index contributed by atoms with van der Waals surface area (Å²) in [6.45, 7) is 7.08. The van der Waals surface area contributed by atoms with Gasteiger partial charge < -0.3 is 15.4 Å². The molecule has 0 aliphatic rings. The van der Waals surface area contributed by atoms with Crippen LogP contribution in [0.5, 0.6) is 5.75 Å². The topological polar surface area (TPSA) is 50.4 Å². The van der Waals surface area contributed by atoms with E-state index in [-0.39, 0.29) is 5.91 Å². The number of halogens is 1. The highest BCUT2D eigenvalue weighted by Gasteiger charge is 2.02. The average molecular weight is 313 g/mol. The average Bonchev–Trinajstić information content (AvgIpc) is 2.47. The summed E-state index contributed by atoms with van der Waals surface area (Å²) in [7, 11) is 0. The van der Waals surface area contributed by atoms with E-state index in [1.807, 2.05) is 25.1 Å². The highest BCUT2D eigenvalue weighted by atomic mass is 35.5. The lowest BCUT2D eigenvalue weighted by molar-refractivity contribution is -0.121. The minimum absolute atomic E-state index is 0.0733. The number of hydrogen-bond donors (Lipinski definition) is 2. The molecule has 0 saturated carbocycles. The second-order valence-electron chi connectivity index (χ2n) is 4.96. The number of ether oxygens (including phenoxy) is 1. The van der Waals surface area contributed by atoms with Crippen LogP contribution in [0.3, 0.4) is 0 Å². The molecule has 1 rings (SSSR count). The number of nitrogens with one attached hydrogen (secondary N) is 2. The van der Waals surface area contributed by atoms with Crippen molar-refractivity contribution in [1.82, 2.24) is 10.6 Å². The zero-order chi connectivity index (χ0) is 15.5. The molecule has 0 saturated heterocycles. The van der Waals surface area contributed by atoms with Crippen LogP contribution in [-0.2, 0) is 4.79 Å². The quantitative estimate of drug-likeness (QED) is 0.653. The van der Waals surface area contributed by atoms with Gasteiger partial charge in [-0.3, -0.25) is 4.79 Å². The number of carbonyl (C=O) groups excluding carboxylic acids is 1. The van der Waals surface area contributed by atoms with Gasteiger partial charge in [0.1, 0.15) is 5.75 Å². The van der Waals surface area contributed by atoms with Gasteiger partial charge in [-0.25, -0.2) is 0 Å². The maximum atomic E-state index is 11.6. The third-order valence-electron chi connectivity index (χ3n) is 3.00. The van der Waals surface area contributed by atoms with E-state index >= 15 is 0 Å². The molecule has 5 heteroatoms. The molecule has 1 aromatic carbocycles. The Morgan fingerprint density at radius 1 is 1.29 bits per heavy atom. The first kappa shape index (κ1) is 17.8. The Kier molecular flexibility index (Phi) is 8.87. The van der Waals surface area contributed by atoms with E-state index in [2.05, 4.69) is 17.6 Å². The van der Waals surface area contributed by atoms with E-state index < -0.39 is 0 Å². The van der Waals surface area contributed by atoms with Gasteiger partial charge >= 0.3 is 0 Å². The maximum absolute atomic E-state index is 11.6. The molecule has 2 N–H and O–H groups in total. The molecule has 0 aliphatic heterocycles. The van der Waals surface area contributed by atoms with E-state index in [1.54, 1.807) is 0 Å². The normalized spacial score (nSPS) is 10.4. The molecule has 0 spiro atoms. The van der Waals surface area contributed by atoms with Crippen molar-refractivity contribution in [3.63, 3.8) is 0 Å². The lowest BCUT2D eigenvalue weighted by Gasteiger charge is -2.08. The second kappa shape index (κ2) is 10.5. The molecule has 118 valence electrons. The fraction of sp³-hybridized carbons (Fsp3) is 0.562. The van der Waals surface area contributed by atoms with Crippen LogP contribution >= 0.6 is 11.6 Å². The monoisotopic (exact) mass is 312 g/mol. The van der Waals surface area contributed by atoms with Gasteiger partial charge in [0, 0.05) is 24.5 Å². The summed E-state index contributed by atoms with van der Waals surface area (Å²) in [6, 6.07) is 5.57. The van der Waals surface area contributed by atoms with Gasteiger partial charge in [-0.15, -0.1) is 0 Å². The molecule has 0 heterocycles. The summed E-state index contributed by atoms with van der Waals surface area (Å²) >= 11 is 5.95. The van der Waals surface area contributed by atoms with Crippen molar-refractivity contribution in [2.24, 2.45) is 0 Å². The minimum Gasteiger partial charge on any atom is -0.494 e. The van der Waals surface area contributed by atoms with Crippen molar-refractivity contribution in [2.45, 2.75) is 33.1 Å². The Bertz CT molecular complexity index is 438. The van der Waals surface area contributed by atoms with Gasteiger partial charge in [0.25, 0.3) is 0 Å². The fourth-order valence-corrected chi connectivity index (χ4v) is 1.93. The summed E-state index contributed by atoms with van der Waals surface area (Å²) in [4.78, 5) is 11.6. The third kappa shape index (κ3) is 7.93. The number of hydrogen-bond acceptors (Lipinski definition) is 3. The van der Waals surface area contributed by atoms with Crippen molar-refractivity contribution in [3.05, 3.63) is 28.8 Å². The van der Waals surface area contributed by atoms with Crippen LogP contribution < -0.4 is 15.4 Å². The van der Waals surface area contributed by atoms with Crippen molar-refractivity contribution in [2.75, 3.05) is 26.2 Å². The largest absolute Gasteiger partial charge is 0.494 e. The molecule has 1 aromatic rings. The first-order valence-electron chi connectivity index (χ1n) is 7.50. The molecule has 0 fully saturated rings. The minimum atomic E-state index is 0.0733. The molecule has 0 unspecified atom stereocenters. The van der Waals surface area contributed by atoms with E-state index in [4.69, 9.17) is 16.3 Å². The van der Waals surface area contributed by atoms with Crippen LogP contribution in [0, 0.1) is 6.92 Å². The van der Waals surface area contributed by atoms with Crippen LogP contribution in [0.1, 0.15) is 31.7 Å². The zero-order valence-corrected chi connectivity index (χ0v) is 13.6. The zero-order valence-electron chi connectivity index (χ0n) is 12.9. The van der Waals surface area contributed by atoms with Gasteiger partial charge in [0.15, 0.2) is 0 Å². The van der Waals surface area contributed by atoms with Crippen molar-refractivity contribution in [3.8, 4) is 5.75 Å². The van der Waals surface area contributed by atoms with Crippen LogP contribution in [0.25, 0.3) is 0 Å². The van der Waals surface area contributed by atoms with Crippen LogP contribution in [0.4, 0.5) is 0 Å². The number of amides is 1. The van der Waals surface area contributed by atoms with Gasteiger partial charge in [0.05, 0.1) is 6.61 Å². The third-order valence-corrected chi connectivity index (χ3v) is 3.42. The lowest BCUT2D eigenvalue weighted by atomic mass is 10.2. The smallest absolute Gasteiger partial charge is 0.220 e. The second-order valence-corrected chi connectivity index (χ2v) is 5.37. The van der Waals surface area contributed by atoms with Crippen molar-refractivity contribution >= 4 is 17.5 Å². The van der Waals surface area contributed by atoms with Gasteiger partial charge in [-0.1, -0.05) is 18.5 Å². The van der Waals surface area contributed by atoms with E-state index in [0.717, 1.165) is 35.8 Å². The Balaban J connectivity index is 2.07. The predicted octanol–water partition coefficient (Wildman–Crippen LogP) is 2.92. The van der Waals surface area contributed by atoms with Gasteiger partial charge in [-0.2, -0.15) is 0 Å². The number of aryl methyl sites for hydroxylation is 1. The standard InChI is InChI=1S/C16H25ClN2O2/c1-3-8-18-9-10-19-16(20)5-4-11-21-14-6-7-15(17)13(2)12-14/h6-7,12,18H,3-5,8-11H2,1-2H3,(H,19,20). The SMILES string of the molecule is CCCNCCNC(=O)CCCOc1ccc(Cl)c(C)c1. The number of carbonyl (C=O) groups is 1. The first-order valence-corrected chi connectivity index (χ1v) is 7.87. The molecule has 0 aliphatic carbocycles. The Labute approximate surface area is 132 Å². The van der Waals surface area contributed by atoms with Crippen LogP contribution in [0.2, 0.25) is 5.02 Å². The molecule has 0 aromatic heterocycles. The Morgan fingerprint density at radius 2 is 2.10 bits per heavy atom. The highest BCUT2D eigenvalue weighted by molar-refractivity contribution is 6.31. The fourth-order valence-electron chi connectivity index (χ4n) is 1.81. The van der Waals surface area contributed by atoms with E-state index in [1.165, 1.54) is 0 Å². The highest BCUT2D eigenvalue weighted by Crippen LogP contribution is 2.21. The van der Waals surface area contributed by atoms with Crippen LogP contribution in [-0.4, -0.2) is 32.1 Å². The Morgan fingerprint density at radius 3 is 2.81 bits per heavy atom. The summed E-state index contributed by atoms with van der Waals surface area (Å²) in [5.74, 6) is 0.866. The lowest BCUT2D eigenvalue weighted by Crippen LogP contribution is -2.32. The van der Waals surface area contributed by atoms with Crippen molar-refractivity contribution < 1.29 is 9.53 Å². The number of benzene rings is 1. The molecular weight excluding hydrogens is 288 g/mol. The number of rotatable bonds is 10.